The van der Waals surface area contributed by atoms with Crippen molar-refractivity contribution in [3.05, 3.63) is 168 Å². The number of hydrogen-bond acceptors (Lipinski definition) is 3. The van der Waals surface area contributed by atoms with Crippen molar-refractivity contribution >= 4 is 11.0 Å². The summed E-state index contributed by atoms with van der Waals surface area (Å²) in [5.74, 6) is 0.617. The average molecular weight is 978 g/mol. The number of hydrogen-bond donors (Lipinski definition) is 1. The van der Waals surface area contributed by atoms with Gasteiger partial charge in [0.1, 0.15) is 11.6 Å². The minimum absolute atomic E-state index is 0. The number of nitrogens with zero attached hydrogens (tertiary/aromatic N) is 3. The van der Waals surface area contributed by atoms with E-state index in [1.807, 2.05) is 81.4 Å². The third kappa shape index (κ3) is 8.28. The molecule has 0 aliphatic carbocycles. The maximum Gasteiger partial charge on any atom is 0.148 e. The average Bonchev–Trinajstić information content (AvgIpc) is 3.66. The Bertz CT molecular complexity index is 3330. The van der Waals surface area contributed by atoms with Crippen LogP contribution in [0.1, 0.15) is 98.3 Å². The Hall–Kier alpha value is -5.57. The molecular formula is C55H54N3OPt-. The molecule has 0 saturated carbocycles. The Morgan fingerprint density at radius 1 is 0.633 bits per heavy atom. The van der Waals surface area contributed by atoms with Crippen LogP contribution >= 0.6 is 0 Å². The van der Waals surface area contributed by atoms with Crippen LogP contribution in [-0.4, -0.2) is 19.6 Å². The number of benzene rings is 6. The summed E-state index contributed by atoms with van der Waals surface area (Å²) in [6.45, 7) is 15.8. The van der Waals surface area contributed by atoms with E-state index in [0.29, 0.717) is 28.0 Å². The molecule has 0 saturated heterocycles. The number of aromatic hydroxyl groups is 1. The predicted molar refractivity (Wildman–Crippen MR) is 247 cm³/mol. The number of para-hydroxylation sites is 2. The van der Waals surface area contributed by atoms with E-state index in [0.717, 1.165) is 39.0 Å². The third-order valence-electron chi connectivity index (χ3n) is 10.7. The van der Waals surface area contributed by atoms with Crippen LogP contribution in [-0.2, 0) is 37.3 Å². The van der Waals surface area contributed by atoms with Crippen LogP contribution in [0.5, 0.6) is 5.75 Å². The predicted octanol–water partition coefficient (Wildman–Crippen LogP) is 14.5. The quantitative estimate of drug-likeness (QED) is 0.169. The van der Waals surface area contributed by atoms with Gasteiger partial charge in [-0.25, -0.2) is 4.98 Å². The summed E-state index contributed by atoms with van der Waals surface area (Å²) < 4.78 is 87.9. The topological polar surface area (TPSA) is 50.9 Å². The van der Waals surface area contributed by atoms with E-state index in [1.54, 1.807) is 6.07 Å². The molecule has 5 heteroatoms. The first-order valence-electron chi connectivity index (χ1n) is 24.8. The van der Waals surface area contributed by atoms with Crippen LogP contribution in [0, 0.1) is 12.9 Å². The number of imidazole rings is 1. The van der Waals surface area contributed by atoms with Crippen molar-refractivity contribution in [1.29, 1.82) is 0 Å². The molecule has 8 rings (SSSR count). The van der Waals surface area contributed by atoms with Crippen LogP contribution in [0.15, 0.2) is 139 Å². The summed E-state index contributed by atoms with van der Waals surface area (Å²) in [7, 11) is 0. The van der Waals surface area contributed by atoms with E-state index in [9.17, 15) is 6.48 Å². The number of rotatable bonds is 6. The van der Waals surface area contributed by atoms with Gasteiger partial charge in [0.2, 0.25) is 0 Å². The molecule has 306 valence electrons. The van der Waals surface area contributed by atoms with Crippen molar-refractivity contribution in [2.75, 3.05) is 0 Å². The van der Waals surface area contributed by atoms with Gasteiger partial charge in [-0.05, 0) is 81.2 Å². The van der Waals surface area contributed by atoms with Crippen LogP contribution in [0.4, 0.5) is 0 Å². The Morgan fingerprint density at radius 2 is 1.32 bits per heavy atom. The third-order valence-corrected chi connectivity index (χ3v) is 10.7. The van der Waals surface area contributed by atoms with Gasteiger partial charge in [0.25, 0.3) is 0 Å². The maximum atomic E-state index is 12.2. The SMILES string of the molecule is [2H]c1nc(-c2[c-]c(-c3cccc4c3nc(-c3cccc(C(C)(C)C)c3O)n4-c3ccc(C(C)(C)C)cc3-c3ccccc3)cc(C(C)(C)C)c2)c([2H])c(-c2c([2H])c([2H])c(C([2H])([2H])[2H])c([2H])c2[2H])c1[2H].[Pt]. The smallest absolute Gasteiger partial charge is 0.148 e. The number of pyridine rings is 1. The number of phenolic OH excluding ortho intramolecular Hbond substituents is 1. The van der Waals surface area contributed by atoms with Crippen LogP contribution in [0.3, 0.4) is 0 Å². The van der Waals surface area contributed by atoms with Gasteiger partial charge in [0.15, 0.2) is 0 Å². The van der Waals surface area contributed by atoms with Gasteiger partial charge >= 0.3 is 0 Å². The van der Waals surface area contributed by atoms with Crippen molar-refractivity contribution in [2.45, 2.75) is 85.4 Å². The Balaban J connectivity index is 0.00000722. The normalized spacial score (nSPS) is 14.7. The Morgan fingerprint density at radius 3 is 2.00 bits per heavy atom. The molecule has 2 heterocycles. The summed E-state index contributed by atoms with van der Waals surface area (Å²) in [6, 6.07) is 31.3. The number of aromatic nitrogens is 3. The molecule has 0 atom stereocenters. The molecule has 0 spiro atoms. The van der Waals surface area contributed by atoms with E-state index in [2.05, 4.69) is 87.5 Å². The Labute approximate surface area is 384 Å². The molecule has 8 aromatic rings. The molecular weight excluding hydrogens is 914 g/mol. The minimum atomic E-state index is -2.97. The van der Waals surface area contributed by atoms with Gasteiger partial charge in [0.05, 0.1) is 31.9 Å². The molecule has 0 unspecified atom stereocenters. The molecule has 60 heavy (non-hydrogen) atoms. The van der Waals surface area contributed by atoms with Crippen molar-refractivity contribution in [1.82, 2.24) is 14.5 Å². The Kier molecular flexibility index (Phi) is 8.42. The van der Waals surface area contributed by atoms with Gasteiger partial charge < -0.3 is 5.11 Å². The van der Waals surface area contributed by atoms with Gasteiger partial charge in [-0.2, -0.15) is 0 Å². The first-order chi connectivity index (χ1) is 32.1. The first-order valence-corrected chi connectivity index (χ1v) is 19.8. The first kappa shape index (κ1) is 31.3. The van der Waals surface area contributed by atoms with Gasteiger partial charge in [0, 0.05) is 42.6 Å². The van der Waals surface area contributed by atoms with Crippen LogP contribution in [0.2, 0.25) is 0 Å². The summed E-state index contributed by atoms with van der Waals surface area (Å²) in [5, 5.41) is 12.2. The summed E-state index contributed by atoms with van der Waals surface area (Å²) in [6.07, 6.45) is -0.585. The fourth-order valence-corrected chi connectivity index (χ4v) is 7.40. The van der Waals surface area contributed by atoms with Crippen molar-refractivity contribution in [2.24, 2.45) is 0 Å². The zero-order valence-corrected chi connectivity index (χ0v) is 37.6. The molecule has 1 N–H and O–H groups in total. The molecule has 0 radical (unpaired) electrons. The van der Waals surface area contributed by atoms with Crippen molar-refractivity contribution in [3.63, 3.8) is 0 Å². The molecule has 0 amide bonds. The molecule has 4 nitrogen and oxygen atoms in total. The second-order valence-corrected chi connectivity index (χ2v) is 18.1. The molecule has 0 aliphatic heterocycles. The fraction of sp³-hybridized carbons (Fsp3) is 0.236. The second-order valence-electron chi connectivity index (χ2n) is 18.1. The molecule has 6 aromatic carbocycles. The van der Waals surface area contributed by atoms with E-state index < -0.39 is 71.2 Å². The van der Waals surface area contributed by atoms with E-state index in [4.69, 9.17) is 17.3 Å². The van der Waals surface area contributed by atoms with Gasteiger partial charge in [-0.15, -0.1) is 29.3 Å². The van der Waals surface area contributed by atoms with Gasteiger partial charge in [-0.1, -0.05) is 170 Å². The second kappa shape index (κ2) is 16.1. The monoisotopic (exact) mass is 977 g/mol. The van der Waals surface area contributed by atoms with Gasteiger partial charge in [-0.3, -0.25) is 9.55 Å². The summed E-state index contributed by atoms with van der Waals surface area (Å²) in [4.78, 5) is 9.85. The maximum absolute atomic E-state index is 12.2. The largest absolute Gasteiger partial charge is 0.507 e. The van der Waals surface area contributed by atoms with Crippen molar-refractivity contribution < 1.29 is 39.9 Å². The summed E-state index contributed by atoms with van der Waals surface area (Å²) in [5.41, 5.74) is 6.07. The molecule has 0 fully saturated rings. The van der Waals surface area contributed by atoms with E-state index >= 15 is 0 Å². The molecule has 2 aromatic heterocycles. The van der Waals surface area contributed by atoms with Crippen LogP contribution in [0.25, 0.3) is 72.7 Å². The molecule has 0 aliphatic rings. The zero-order chi connectivity index (χ0) is 50.4. The molecule has 0 bridgehead atoms. The minimum Gasteiger partial charge on any atom is -0.507 e. The van der Waals surface area contributed by atoms with Crippen molar-refractivity contribution in [3.8, 4) is 67.5 Å². The number of fused-ring (bicyclic) bond motifs is 1. The van der Waals surface area contributed by atoms with Crippen LogP contribution < -0.4 is 0 Å². The summed E-state index contributed by atoms with van der Waals surface area (Å²) >= 11 is 0. The van der Waals surface area contributed by atoms with E-state index in [1.165, 1.54) is 0 Å². The zero-order valence-electron chi connectivity index (χ0n) is 45.3. The fourth-order valence-electron chi connectivity index (χ4n) is 7.40. The number of phenols is 1. The van der Waals surface area contributed by atoms with E-state index in [-0.39, 0.29) is 49.1 Å². The standard InChI is InChI=1S/C55H54N3O.Pt/c1-35-22-24-36(25-23-35)38-28-29-56-47(33-38)40-30-39(31-42(32-40)54(5,6)7)43-18-15-21-49-50(43)57-52(44-19-14-20-46(51(44)59)55(8,9)10)58(49)48-27-26-41(53(2,3)4)34-45(48)37-16-12-11-13-17-37;/h11-29,31-34,59H,1-10H3;/q-1;/i1D3,22D,23D,24D,25D,28D,29D,33D;.